The van der Waals surface area contributed by atoms with Gasteiger partial charge >= 0.3 is 6.03 Å². The number of ketones is 1. The molecule has 0 heterocycles. The first-order valence-corrected chi connectivity index (χ1v) is 7.01. The average molecular weight is 326 g/mol. The van der Waals surface area contributed by atoms with Gasteiger partial charge in [-0.3, -0.25) is 4.79 Å². The molecule has 0 aliphatic carbocycles. The maximum Gasteiger partial charge on any atom is 0.323 e. The van der Waals surface area contributed by atoms with E-state index in [9.17, 15) is 9.59 Å². The van der Waals surface area contributed by atoms with Crippen molar-refractivity contribution < 1.29 is 9.59 Å². The van der Waals surface area contributed by atoms with Crippen LogP contribution in [0.4, 0.5) is 10.5 Å². The molecule has 0 atom stereocenters. The minimum absolute atomic E-state index is 0.175. The third-order valence-electron chi connectivity index (χ3n) is 2.87. The summed E-state index contributed by atoms with van der Waals surface area (Å²) in [5, 5.41) is 14.3. The Hall–Kier alpha value is -3.10. The number of hydrogen-bond donors (Lipinski definition) is 2. The van der Waals surface area contributed by atoms with E-state index < -0.39 is 11.8 Å². The Morgan fingerprint density at radius 3 is 2.35 bits per heavy atom. The molecule has 0 fully saturated rings. The molecule has 2 rings (SSSR count). The number of para-hydroxylation sites is 1. The number of anilines is 1. The quantitative estimate of drug-likeness (QED) is 0.510. The molecular weight excluding hydrogens is 314 g/mol. The van der Waals surface area contributed by atoms with E-state index in [-0.39, 0.29) is 5.57 Å². The van der Waals surface area contributed by atoms with E-state index in [1.807, 2.05) is 0 Å². The van der Waals surface area contributed by atoms with Crippen LogP contribution in [-0.2, 0) is 0 Å². The molecule has 0 unspecified atom stereocenters. The van der Waals surface area contributed by atoms with Crippen LogP contribution in [0.5, 0.6) is 0 Å². The lowest BCUT2D eigenvalue weighted by atomic mass is 10.1. The highest BCUT2D eigenvalue weighted by atomic mass is 35.5. The highest BCUT2D eigenvalue weighted by Crippen LogP contribution is 2.20. The molecule has 0 aliphatic rings. The summed E-state index contributed by atoms with van der Waals surface area (Å²) in [4.78, 5) is 23.9. The zero-order valence-electron chi connectivity index (χ0n) is 11.9. The number of nitriles is 1. The van der Waals surface area contributed by atoms with Crippen LogP contribution in [0.25, 0.3) is 0 Å². The molecule has 0 spiro atoms. The molecule has 2 amide bonds. The molecule has 5 nitrogen and oxygen atoms in total. The topological polar surface area (TPSA) is 82.0 Å². The van der Waals surface area contributed by atoms with E-state index >= 15 is 0 Å². The Morgan fingerprint density at radius 1 is 1.04 bits per heavy atom. The second-order valence-corrected chi connectivity index (χ2v) is 4.85. The Bertz CT molecular complexity index is 795. The Balaban J connectivity index is 2.05. The molecule has 0 saturated heterocycles. The van der Waals surface area contributed by atoms with Crippen molar-refractivity contribution in [3.8, 4) is 6.07 Å². The molecule has 0 radical (unpaired) electrons. The van der Waals surface area contributed by atoms with Gasteiger partial charge in [0, 0.05) is 11.8 Å². The van der Waals surface area contributed by atoms with Crippen LogP contribution in [0.1, 0.15) is 10.4 Å². The van der Waals surface area contributed by atoms with Crippen molar-refractivity contribution in [1.82, 2.24) is 5.32 Å². The number of halogens is 1. The van der Waals surface area contributed by atoms with E-state index in [1.165, 1.54) is 0 Å². The van der Waals surface area contributed by atoms with Crippen LogP contribution in [-0.4, -0.2) is 11.8 Å². The van der Waals surface area contributed by atoms with Gasteiger partial charge in [0.2, 0.25) is 5.78 Å². The number of amides is 2. The fourth-order valence-corrected chi connectivity index (χ4v) is 1.94. The second-order valence-electron chi connectivity index (χ2n) is 4.44. The molecule has 23 heavy (non-hydrogen) atoms. The van der Waals surface area contributed by atoms with Gasteiger partial charge in [-0.15, -0.1) is 0 Å². The van der Waals surface area contributed by atoms with E-state index in [4.69, 9.17) is 16.9 Å². The molecule has 0 bridgehead atoms. The molecule has 0 aliphatic heterocycles. The number of carbonyl (C=O) groups is 2. The first kappa shape index (κ1) is 16.3. The molecule has 0 saturated carbocycles. The Labute approximate surface area is 138 Å². The zero-order chi connectivity index (χ0) is 16.7. The Kier molecular flexibility index (Phi) is 5.50. The Morgan fingerprint density at radius 2 is 1.70 bits per heavy atom. The standard InChI is InChI=1S/C17H12ClN3O2/c18-14-8-4-5-9-15(14)21-17(23)20-11-13(10-19)16(22)12-6-2-1-3-7-12/h1-9,11H,(H2,20,21,23)/b13-11+. The molecule has 114 valence electrons. The predicted molar refractivity (Wildman–Crippen MR) is 88.1 cm³/mol. The number of hydrogen-bond acceptors (Lipinski definition) is 3. The molecule has 0 aromatic heterocycles. The number of carbonyl (C=O) groups excluding carboxylic acids is 2. The van der Waals surface area contributed by atoms with Gasteiger partial charge in [0.15, 0.2) is 0 Å². The van der Waals surface area contributed by atoms with Crippen molar-refractivity contribution >= 4 is 29.1 Å². The number of nitrogens with one attached hydrogen (secondary N) is 2. The van der Waals surface area contributed by atoms with Crippen LogP contribution >= 0.6 is 11.6 Å². The summed E-state index contributed by atoms with van der Waals surface area (Å²) in [5.74, 6) is -0.467. The maximum absolute atomic E-state index is 12.1. The highest BCUT2D eigenvalue weighted by molar-refractivity contribution is 6.33. The minimum atomic E-state index is -0.605. The van der Waals surface area contributed by atoms with Crippen molar-refractivity contribution in [3.63, 3.8) is 0 Å². The molecule has 2 aromatic carbocycles. The molecule has 2 N–H and O–H groups in total. The van der Waals surface area contributed by atoms with Crippen LogP contribution in [0.3, 0.4) is 0 Å². The van der Waals surface area contributed by atoms with Crippen molar-refractivity contribution in [2.75, 3.05) is 5.32 Å². The lowest BCUT2D eigenvalue weighted by Gasteiger charge is -2.06. The third kappa shape index (κ3) is 4.43. The maximum atomic E-state index is 12.1. The van der Waals surface area contributed by atoms with Crippen LogP contribution in [0.15, 0.2) is 66.4 Å². The van der Waals surface area contributed by atoms with Gasteiger partial charge in [-0.1, -0.05) is 54.1 Å². The van der Waals surface area contributed by atoms with Gasteiger partial charge < -0.3 is 10.6 Å². The van der Waals surface area contributed by atoms with E-state index in [1.54, 1.807) is 60.7 Å². The van der Waals surface area contributed by atoms with Gasteiger partial charge in [0.25, 0.3) is 0 Å². The average Bonchev–Trinajstić information content (AvgIpc) is 2.58. The number of allylic oxidation sites excluding steroid dienone is 1. The normalized spacial score (nSPS) is 10.5. The second kappa shape index (κ2) is 7.78. The summed E-state index contributed by atoms with van der Waals surface area (Å²) < 4.78 is 0. The van der Waals surface area contributed by atoms with Crippen molar-refractivity contribution in [2.24, 2.45) is 0 Å². The summed E-state index contributed by atoms with van der Waals surface area (Å²) in [6, 6.07) is 16.2. The number of rotatable bonds is 4. The van der Waals surface area contributed by atoms with E-state index in [2.05, 4.69) is 10.6 Å². The summed E-state index contributed by atoms with van der Waals surface area (Å²) in [5.41, 5.74) is 0.618. The third-order valence-corrected chi connectivity index (χ3v) is 3.20. The van der Waals surface area contributed by atoms with Gasteiger partial charge in [0.05, 0.1) is 10.7 Å². The largest absolute Gasteiger partial charge is 0.323 e. The van der Waals surface area contributed by atoms with Crippen LogP contribution in [0, 0.1) is 11.3 Å². The molecule has 2 aromatic rings. The van der Waals surface area contributed by atoms with E-state index in [0.717, 1.165) is 6.20 Å². The summed E-state index contributed by atoms with van der Waals surface area (Å²) in [6.07, 6.45) is 1.07. The fourth-order valence-electron chi connectivity index (χ4n) is 1.75. The van der Waals surface area contributed by atoms with Gasteiger partial charge in [-0.05, 0) is 12.1 Å². The predicted octanol–water partition coefficient (Wildman–Crippen LogP) is 3.75. The summed E-state index contributed by atoms with van der Waals surface area (Å²) >= 11 is 5.92. The zero-order valence-corrected chi connectivity index (χ0v) is 12.7. The van der Waals surface area contributed by atoms with Gasteiger partial charge in [0.1, 0.15) is 11.6 Å². The number of benzene rings is 2. The van der Waals surface area contributed by atoms with Crippen LogP contribution < -0.4 is 10.6 Å². The number of Topliss-reactive ketones (excluding diaryl/α,β-unsaturated/α-hetero) is 1. The summed E-state index contributed by atoms with van der Waals surface area (Å²) in [6.45, 7) is 0. The van der Waals surface area contributed by atoms with Gasteiger partial charge in [-0.2, -0.15) is 5.26 Å². The molecule has 6 heteroatoms. The van der Waals surface area contributed by atoms with Crippen molar-refractivity contribution in [3.05, 3.63) is 77.0 Å². The summed E-state index contributed by atoms with van der Waals surface area (Å²) in [7, 11) is 0. The molecular formula is C17H12ClN3O2. The first-order chi connectivity index (χ1) is 11.1. The van der Waals surface area contributed by atoms with Gasteiger partial charge in [-0.25, -0.2) is 4.79 Å². The van der Waals surface area contributed by atoms with E-state index in [0.29, 0.717) is 16.3 Å². The first-order valence-electron chi connectivity index (χ1n) is 6.64. The number of urea groups is 1. The highest BCUT2D eigenvalue weighted by Gasteiger charge is 2.12. The minimum Gasteiger partial charge on any atom is -0.313 e. The lowest BCUT2D eigenvalue weighted by molar-refractivity contribution is 0.103. The lowest BCUT2D eigenvalue weighted by Crippen LogP contribution is -2.25. The van der Waals surface area contributed by atoms with Crippen molar-refractivity contribution in [1.29, 1.82) is 5.26 Å². The smallest absolute Gasteiger partial charge is 0.313 e. The van der Waals surface area contributed by atoms with Crippen LogP contribution in [0.2, 0.25) is 5.02 Å². The number of nitrogens with zero attached hydrogens (tertiary/aromatic N) is 1. The SMILES string of the molecule is N#C/C(=C\NC(=O)Nc1ccccc1Cl)C(=O)c1ccccc1. The fraction of sp³-hybridized carbons (Fsp3) is 0. The van der Waals surface area contributed by atoms with Crippen molar-refractivity contribution in [2.45, 2.75) is 0 Å². The monoisotopic (exact) mass is 325 g/mol.